The SMILES string of the molecule is O=C(OP(=O)(O)Oc1ccccc1)c1cc2ccccc2s1. The van der Waals surface area contributed by atoms with Gasteiger partial charge in [0.15, 0.2) is 0 Å². The first-order chi connectivity index (χ1) is 10.5. The molecule has 0 bridgehead atoms. The molecule has 5 nitrogen and oxygen atoms in total. The van der Waals surface area contributed by atoms with E-state index in [1.807, 2.05) is 24.3 Å². The number of fused-ring (bicyclic) bond motifs is 1. The number of phosphoric acid groups is 1. The molecule has 1 unspecified atom stereocenters. The molecule has 1 atom stereocenters. The number of benzene rings is 2. The molecule has 0 saturated heterocycles. The van der Waals surface area contributed by atoms with Gasteiger partial charge in [0.05, 0.1) is 0 Å². The summed E-state index contributed by atoms with van der Waals surface area (Å²) in [6, 6.07) is 17.0. The number of hydrogen-bond acceptors (Lipinski definition) is 5. The quantitative estimate of drug-likeness (QED) is 0.723. The van der Waals surface area contributed by atoms with Gasteiger partial charge in [-0.15, -0.1) is 11.3 Å². The van der Waals surface area contributed by atoms with Crippen molar-refractivity contribution >= 4 is 35.2 Å². The van der Waals surface area contributed by atoms with E-state index in [0.717, 1.165) is 10.1 Å². The van der Waals surface area contributed by atoms with Crippen LogP contribution in [0.15, 0.2) is 60.7 Å². The summed E-state index contributed by atoms with van der Waals surface area (Å²) < 4.78 is 22.2. The van der Waals surface area contributed by atoms with Gasteiger partial charge in [-0.2, -0.15) is 0 Å². The van der Waals surface area contributed by atoms with E-state index in [4.69, 9.17) is 4.52 Å². The Balaban J connectivity index is 1.76. The van der Waals surface area contributed by atoms with Gasteiger partial charge in [-0.1, -0.05) is 36.4 Å². The van der Waals surface area contributed by atoms with Crippen molar-refractivity contribution in [2.24, 2.45) is 0 Å². The highest BCUT2D eigenvalue weighted by molar-refractivity contribution is 7.48. The van der Waals surface area contributed by atoms with Crippen molar-refractivity contribution in [3.05, 3.63) is 65.5 Å². The van der Waals surface area contributed by atoms with Crippen molar-refractivity contribution in [3.8, 4) is 5.75 Å². The van der Waals surface area contributed by atoms with Crippen LogP contribution >= 0.6 is 19.2 Å². The van der Waals surface area contributed by atoms with E-state index in [9.17, 15) is 14.3 Å². The molecule has 7 heteroatoms. The Kier molecular flexibility index (Phi) is 3.98. The van der Waals surface area contributed by atoms with Gasteiger partial charge in [-0.3, -0.25) is 4.89 Å². The van der Waals surface area contributed by atoms with Gasteiger partial charge in [0.2, 0.25) is 0 Å². The van der Waals surface area contributed by atoms with Crippen LogP contribution in [0, 0.1) is 0 Å². The molecule has 0 aliphatic rings. The first kappa shape index (κ1) is 14.8. The van der Waals surface area contributed by atoms with E-state index in [2.05, 4.69) is 4.52 Å². The number of para-hydroxylation sites is 1. The Bertz CT molecular complexity index is 826. The Hall–Kier alpha value is -2.14. The first-order valence-electron chi connectivity index (χ1n) is 6.33. The second-order valence-corrected chi connectivity index (χ2v) is 6.79. The molecule has 22 heavy (non-hydrogen) atoms. The molecule has 2 aromatic carbocycles. The van der Waals surface area contributed by atoms with Gasteiger partial charge in [0, 0.05) is 4.70 Å². The number of rotatable bonds is 4. The molecule has 0 amide bonds. The molecule has 1 aromatic heterocycles. The van der Waals surface area contributed by atoms with Crippen molar-refractivity contribution in [3.63, 3.8) is 0 Å². The van der Waals surface area contributed by atoms with Crippen molar-refractivity contribution in [2.45, 2.75) is 0 Å². The average Bonchev–Trinajstić information content (AvgIpc) is 2.91. The maximum atomic E-state index is 12.0. The fourth-order valence-corrected chi connectivity index (χ4v) is 3.60. The lowest BCUT2D eigenvalue weighted by Crippen LogP contribution is -2.04. The lowest BCUT2D eigenvalue weighted by molar-refractivity contribution is 0.0688. The topological polar surface area (TPSA) is 72.8 Å². The summed E-state index contributed by atoms with van der Waals surface area (Å²) >= 11 is 1.19. The van der Waals surface area contributed by atoms with Crippen molar-refractivity contribution in [1.82, 2.24) is 0 Å². The molecule has 0 aliphatic carbocycles. The van der Waals surface area contributed by atoms with Gasteiger partial charge >= 0.3 is 13.8 Å². The second-order valence-electron chi connectivity index (χ2n) is 4.40. The largest absolute Gasteiger partial charge is 0.587 e. The molecule has 3 aromatic rings. The maximum Gasteiger partial charge on any atom is 0.587 e. The van der Waals surface area contributed by atoms with E-state index in [-0.39, 0.29) is 10.6 Å². The first-order valence-corrected chi connectivity index (χ1v) is 8.65. The third-order valence-electron chi connectivity index (χ3n) is 2.79. The summed E-state index contributed by atoms with van der Waals surface area (Å²) in [6.07, 6.45) is 0. The van der Waals surface area contributed by atoms with Crippen LogP contribution in [0.2, 0.25) is 0 Å². The minimum atomic E-state index is -4.52. The Morgan fingerprint density at radius 1 is 1.05 bits per heavy atom. The number of carbonyl (C=O) groups excluding carboxylic acids is 1. The lowest BCUT2D eigenvalue weighted by Gasteiger charge is -2.11. The molecule has 0 saturated carbocycles. The zero-order valence-corrected chi connectivity index (χ0v) is 12.9. The number of carbonyl (C=O) groups is 1. The van der Waals surface area contributed by atoms with E-state index in [1.165, 1.54) is 23.5 Å². The second kappa shape index (κ2) is 5.93. The van der Waals surface area contributed by atoms with Crippen LogP contribution in [0.1, 0.15) is 9.67 Å². The Morgan fingerprint density at radius 2 is 1.73 bits per heavy atom. The third-order valence-corrected chi connectivity index (χ3v) is 4.72. The van der Waals surface area contributed by atoms with Crippen LogP contribution in [-0.2, 0) is 9.09 Å². The van der Waals surface area contributed by atoms with Crippen LogP contribution in [0.3, 0.4) is 0 Å². The van der Waals surface area contributed by atoms with Crippen molar-refractivity contribution in [2.75, 3.05) is 0 Å². The minimum Gasteiger partial charge on any atom is -0.395 e. The van der Waals surface area contributed by atoms with E-state index in [0.29, 0.717) is 0 Å². The monoisotopic (exact) mass is 334 g/mol. The molecule has 0 aliphatic heterocycles. The number of phosphoric ester groups is 1. The summed E-state index contributed by atoms with van der Waals surface area (Å²) in [5.74, 6) is -0.736. The van der Waals surface area contributed by atoms with Gasteiger partial charge in [-0.25, -0.2) is 9.36 Å². The highest BCUT2D eigenvalue weighted by Gasteiger charge is 2.29. The Labute approximate surface area is 130 Å². The molecular weight excluding hydrogens is 323 g/mol. The van der Waals surface area contributed by atoms with Gasteiger partial charge in [-0.05, 0) is 29.7 Å². The molecule has 112 valence electrons. The number of hydrogen-bond donors (Lipinski definition) is 1. The van der Waals surface area contributed by atoms with Crippen LogP contribution in [0.25, 0.3) is 10.1 Å². The van der Waals surface area contributed by atoms with Crippen LogP contribution in [-0.4, -0.2) is 10.9 Å². The molecule has 3 rings (SSSR count). The fraction of sp³-hybridized carbons (Fsp3) is 0. The molecule has 0 spiro atoms. The predicted octanol–water partition coefficient (Wildman–Crippen LogP) is 4.24. The molecule has 1 heterocycles. The third kappa shape index (κ3) is 3.36. The molecule has 1 N–H and O–H groups in total. The molecule has 0 fully saturated rings. The zero-order chi connectivity index (χ0) is 15.6. The lowest BCUT2D eigenvalue weighted by atomic mass is 10.2. The van der Waals surface area contributed by atoms with Crippen LogP contribution in [0.5, 0.6) is 5.75 Å². The van der Waals surface area contributed by atoms with Gasteiger partial charge < -0.3 is 9.05 Å². The zero-order valence-electron chi connectivity index (χ0n) is 11.2. The smallest absolute Gasteiger partial charge is 0.395 e. The minimum absolute atomic E-state index is 0.150. The summed E-state index contributed by atoms with van der Waals surface area (Å²) in [5.41, 5.74) is 0. The average molecular weight is 334 g/mol. The molecule has 0 radical (unpaired) electrons. The fourth-order valence-electron chi connectivity index (χ4n) is 1.87. The van der Waals surface area contributed by atoms with E-state index >= 15 is 0 Å². The summed E-state index contributed by atoms with van der Waals surface area (Å²) in [6.45, 7) is 0. The maximum absolute atomic E-state index is 12.0. The summed E-state index contributed by atoms with van der Waals surface area (Å²) in [4.78, 5) is 21.9. The number of thiophene rings is 1. The highest BCUT2D eigenvalue weighted by Crippen LogP contribution is 2.45. The summed E-state index contributed by atoms with van der Waals surface area (Å²) in [5, 5.41) is 0.871. The predicted molar refractivity (Wildman–Crippen MR) is 84.1 cm³/mol. The van der Waals surface area contributed by atoms with Crippen LogP contribution in [0.4, 0.5) is 0 Å². The highest BCUT2D eigenvalue weighted by atomic mass is 32.1. The normalized spacial score (nSPS) is 13.5. The van der Waals surface area contributed by atoms with Crippen molar-refractivity contribution < 1.29 is 23.3 Å². The van der Waals surface area contributed by atoms with Gasteiger partial charge in [0.1, 0.15) is 10.6 Å². The summed E-state index contributed by atoms with van der Waals surface area (Å²) in [7, 11) is -4.52. The van der Waals surface area contributed by atoms with Crippen molar-refractivity contribution in [1.29, 1.82) is 0 Å². The molecular formula is C15H11O5PS. The van der Waals surface area contributed by atoms with Crippen LogP contribution < -0.4 is 4.52 Å². The standard InChI is InChI=1S/C15H11O5PS/c16-15(14-10-11-6-4-5-9-13(11)22-14)20-21(17,18)19-12-7-2-1-3-8-12/h1-10H,(H,17,18). The Morgan fingerprint density at radius 3 is 2.45 bits per heavy atom. The van der Waals surface area contributed by atoms with E-state index < -0.39 is 13.8 Å². The van der Waals surface area contributed by atoms with E-state index in [1.54, 1.807) is 24.3 Å². The van der Waals surface area contributed by atoms with Gasteiger partial charge in [0.25, 0.3) is 0 Å².